The molecule has 10 heteroatoms. The fourth-order valence-corrected chi connectivity index (χ4v) is 3.58. The van der Waals surface area contributed by atoms with E-state index < -0.39 is 20.0 Å². The lowest BCUT2D eigenvalue weighted by Gasteiger charge is -2.08. The first-order chi connectivity index (χ1) is 12.4. The molecule has 0 aromatic heterocycles. The van der Waals surface area contributed by atoms with Crippen molar-refractivity contribution in [2.24, 2.45) is 0 Å². The molecule has 0 atom stereocenters. The molecule has 0 aliphatic rings. The molecule has 0 aliphatic carbocycles. The predicted octanol–water partition coefficient (Wildman–Crippen LogP) is 1.59. The minimum absolute atomic E-state index is 0.110. The molecule has 0 saturated carbocycles. The lowest BCUT2D eigenvalue weighted by Crippen LogP contribution is -2.25. The number of sulfonamides is 2. The highest BCUT2D eigenvalue weighted by Crippen LogP contribution is 2.08. The fourth-order valence-electron chi connectivity index (χ4n) is 1.88. The Labute approximate surface area is 153 Å². The SMILES string of the molecule is O=S(=O)(NOCCCCONS(=O)(=O)c1ccccc1)c1ccccc1. The third-order valence-electron chi connectivity index (χ3n) is 3.19. The van der Waals surface area contributed by atoms with Gasteiger partial charge in [-0.3, -0.25) is 9.68 Å². The maximum absolute atomic E-state index is 11.9. The predicted molar refractivity (Wildman–Crippen MR) is 94.7 cm³/mol. The van der Waals surface area contributed by atoms with E-state index in [2.05, 4.69) is 0 Å². The van der Waals surface area contributed by atoms with Crippen LogP contribution in [0.4, 0.5) is 0 Å². The zero-order chi connectivity index (χ0) is 18.9. The van der Waals surface area contributed by atoms with Crippen molar-refractivity contribution in [2.45, 2.75) is 22.6 Å². The third kappa shape index (κ3) is 6.48. The van der Waals surface area contributed by atoms with E-state index in [1.165, 1.54) is 24.3 Å². The largest absolute Gasteiger partial charge is 0.287 e. The fraction of sp³-hybridized carbons (Fsp3) is 0.250. The second-order valence-corrected chi connectivity index (χ2v) is 8.49. The lowest BCUT2D eigenvalue weighted by molar-refractivity contribution is 0.0646. The Balaban J connectivity index is 1.60. The molecule has 26 heavy (non-hydrogen) atoms. The van der Waals surface area contributed by atoms with Crippen LogP contribution in [0.25, 0.3) is 0 Å². The second kappa shape index (κ2) is 9.76. The third-order valence-corrected chi connectivity index (χ3v) is 5.65. The number of hydrogen-bond donors (Lipinski definition) is 2. The first-order valence-electron chi connectivity index (χ1n) is 7.79. The molecule has 8 nitrogen and oxygen atoms in total. The summed E-state index contributed by atoms with van der Waals surface area (Å²) >= 11 is 0. The number of rotatable bonds is 11. The highest BCUT2D eigenvalue weighted by molar-refractivity contribution is 7.89. The summed E-state index contributed by atoms with van der Waals surface area (Å²) in [5.74, 6) is 0. The summed E-state index contributed by atoms with van der Waals surface area (Å²) in [6.07, 6.45) is 0.953. The van der Waals surface area contributed by atoms with Crippen LogP contribution in [0.2, 0.25) is 0 Å². The molecule has 2 aromatic rings. The van der Waals surface area contributed by atoms with Crippen molar-refractivity contribution in [3.63, 3.8) is 0 Å². The Kier molecular flexibility index (Phi) is 7.69. The molecule has 0 unspecified atom stereocenters. The first-order valence-corrected chi connectivity index (χ1v) is 10.8. The van der Waals surface area contributed by atoms with E-state index in [4.69, 9.17) is 9.68 Å². The van der Waals surface area contributed by atoms with E-state index in [9.17, 15) is 16.8 Å². The van der Waals surface area contributed by atoms with Crippen molar-refractivity contribution >= 4 is 20.0 Å². The number of benzene rings is 2. The Morgan fingerprint density at radius 1 is 0.615 bits per heavy atom. The van der Waals surface area contributed by atoms with Crippen molar-refractivity contribution in [3.05, 3.63) is 60.7 Å². The molecule has 0 spiro atoms. The van der Waals surface area contributed by atoms with Gasteiger partial charge in [-0.2, -0.15) is 0 Å². The highest BCUT2D eigenvalue weighted by Gasteiger charge is 2.14. The van der Waals surface area contributed by atoms with Crippen LogP contribution in [-0.4, -0.2) is 30.0 Å². The van der Waals surface area contributed by atoms with Gasteiger partial charge in [-0.25, -0.2) is 16.8 Å². The van der Waals surface area contributed by atoms with Gasteiger partial charge in [-0.15, -0.1) is 0 Å². The molecule has 142 valence electrons. The van der Waals surface area contributed by atoms with Crippen LogP contribution in [-0.2, 0) is 29.7 Å². The average molecular weight is 400 g/mol. The van der Waals surface area contributed by atoms with Gasteiger partial charge in [0, 0.05) is 0 Å². The van der Waals surface area contributed by atoms with E-state index in [0.29, 0.717) is 12.8 Å². The van der Waals surface area contributed by atoms with Gasteiger partial charge in [-0.1, -0.05) is 46.2 Å². The zero-order valence-corrected chi connectivity index (χ0v) is 15.5. The maximum atomic E-state index is 11.9. The Bertz CT molecular complexity index is 796. The summed E-state index contributed by atoms with van der Waals surface area (Å²) in [6, 6.07) is 15.7. The molecule has 2 N–H and O–H groups in total. The monoisotopic (exact) mass is 400 g/mol. The minimum atomic E-state index is -3.70. The van der Waals surface area contributed by atoms with Crippen molar-refractivity contribution in [1.82, 2.24) is 9.77 Å². The van der Waals surface area contributed by atoms with Crippen LogP contribution in [0.1, 0.15) is 12.8 Å². The maximum Gasteiger partial charge on any atom is 0.262 e. The second-order valence-electron chi connectivity index (χ2n) is 5.20. The van der Waals surface area contributed by atoms with E-state index >= 15 is 0 Å². The average Bonchev–Trinajstić information content (AvgIpc) is 2.65. The van der Waals surface area contributed by atoms with Crippen molar-refractivity contribution < 1.29 is 26.5 Å². The van der Waals surface area contributed by atoms with Crippen LogP contribution < -0.4 is 9.77 Å². The molecule has 2 rings (SSSR count). The molecule has 0 bridgehead atoms. The summed E-state index contributed by atoms with van der Waals surface area (Å²) in [5.41, 5.74) is 0. The van der Waals surface area contributed by atoms with Gasteiger partial charge >= 0.3 is 0 Å². The Morgan fingerprint density at radius 2 is 0.962 bits per heavy atom. The quantitative estimate of drug-likeness (QED) is 0.438. The summed E-state index contributed by atoms with van der Waals surface area (Å²) in [7, 11) is -7.41. The topological polar surface area (TPSA) is 111 Å². The van der Waals surface area contributed by atoms with E-state index in [1.807, 2.05) is 9.77 Å². The normalized spacial score (nSPS) is 12.2. The number of unbranched alkanes of at least 4 members (excludes halogenated alkanes) is 1. The van der Waals surface area contributed by atoms with Gasteiger partial charge in [0.25, 0.3) is 20.0 Å². The number of nitrogens with one attached hydrogen (secondary N) is 2. The zero-order valence-electron chi connectivity index (χ0n) is 13.9. The van der Waals surface area contributed by atoms with Gasteiger partial charge in [-0.05, 0) is 37.1 Å². The van der Waals surface area contributed by atoms with Gasteiger partial charge in [0.1, 0.15) is 0 Å². The minimum Gasteiger partial charge on any atom is -0.287 e. The van der Waals surface area contributed by atoms with Crippen LogP contribution in [0.15, 0.2) is 70.5 Å². The molecule has 0 aliphatic heterocycles. The molecular formula is C16H20N2O6S2. The van der Waals surface area contributed by atoms with Gasteiger partial charge < -0.3 is 0 Å². The van der Waals surface area contributed by atoms with Gasteiger partial charge in [0.2, 0.25) is 0 Å². The molecule has 0 radical (unpaired) electrons. The highest BCUT2D eigenvalue weighted by atomic mass is 32.2. The molecule has 0 amide bonds. The summed E-state index contributed by atoms with van der Waals surface area (Å²) < 4.78 is 47.5. The van der Waals surface area contributed by atoms with Crippen molar-refractivity contribution in [3.8, 4) is 0 Å². The van der Waals surface area contributed by atoms with Crippen LogP contribution in [0.5, 0.6) is 0 Å². The standard InChI is InChI=1S/C16H20N2O6S2/c19-25(20,15-9-3-1-4-10-15)17-23-13-7-8-14-24-18-26(21,22)16-11-5-2-6-12-16/h1-6,9-12,17-18H,7-8,13-14H2. The van der Waals surface area contributed by atoms with Gasteiger partial charge in [0.05, 0.1) is 23.0 Å². The Morgan fingerprint density at radius 3 is 1.31 bits per heavy atom. The van der Waals surface area contributed by atoms with Crippen LogP contribution >= 0.6 is 0 Å². The molecule has 0 saturated heterocycles. The van der Waals surface area contributed by atoms with E-state index in [-0.39, 0.29) is 23.0 Å². The summed E-state index contributed by atoms with van der Waals surface area (Å²) in [6.45, 7) is 0.252. The smallest absolute Gasteiger partial charge is 0.262 e. The van der Waals surface area contributed by atoms with E-state index in [0.717, 1.165) is 0 Å². The van der Waals surface area contributed by atoms with E-state index in [1.54, 1.807) is 36.4 Å². The Hall–Kier alpha value is -1.82. The van der Waals surface area contributed by atoms with Crippen molar-refractivity contribution in [2.75, 3.05) is 13.2 Å². The van der Waals surface area contributed by atoms with Crippen LogP contribution in [0, 0.1) is 0 Å². The molecule has 0 heterocycles. The van der Waals surface area contributed by atoms with Crippen LogP contribution in [0.3, 0.4) is 0 Å². The lowest BCUT2D eigenvalue weighted by atomic mass is 10.3. The molecular weight excluding hydrogens is 380 g/mol. The summed E-state index contributed by atoms with van der Waals surface area (Å²) in [4.78, 5) is 14.2. The summed E-state index contributed by atoms with van der Waals surface area (Å²) in [5, 5.41) is 0. The first kappa shape index (κ1) is 20.5. The van der Waals surface area contributed by atoms with Crippen molar-refractivity contribution in [1.29, 1.82) is 0 Å². The molecule has 2 aromatic carbocycles. The molecule has 0 fully saturated rings. The van der Waals surface area contributed by atoms with Gasteiger partial charge in [0.15, 0.2) is 0 Å². The number of hydrogen-bond acceptors (Lipinski definition) is 6.